The molecule has 0 spiro atoms. The first-order valence-electron chi connectivity index (χ1n) is 6.09. The van der Waals surface area contributed by atoms with E-state index < -0.39 is 0 Å². The number of nitrogens with one attached hydrogen (secondary N) is 1. The van der Waals surface area contributed by atoms with E-state index in [1.54, 1.807) is 0 Å². The Hall–Kier alpha value is -0.0800. The van der Waals surface area contributed by atoms with Gasteiger partial charge in [0, 0.05) is 12.6 Å². The van der Waals surface area contributed by atoms with Gasteiger partial charge in [0.1, 0.15) is 0 Å². The van der Waals surface area contributed by atoms with Crippen LogP contribution in [0.5, 0.6) is 0 Å². The maximum atomic E-state index is 5.51. The van der Waals surface area contributed by atoms with E-state index in [9.17, 15) is 0 Å². The molecule has 0 aromatic heterocycles. The lowest BCUT2D eigenvalue weighted by atomic mass is 10.0. The van der Waals surface area contributed by atoms with Crippen LogP contribution in [0, 0.1) is 5.92 Å². The summed E-state index contributed by atoms with van der Waals surface area (Å²) >= 11 is 0. The fourth-order valence-electron chi connectivity index (χ4n) is 2.33. The Labute approximate surface area is 88.4 Å². The second kappa shape index (κ2) is 6.41. The third-order valence-electron chi connectivity index (χ3n) is 3.14. The van der Waals surface area contributed by atoms with Crippen LogP contribution in [0.1, 0.15) is 46.5 Å². The molecular formula is C12H25NO. The first-order chi connectivity index (χ1) is 6.74. The molecule has 0 bridgehead atoms. The molecule has 0 saturated heterocycles. The topological polar surface area (TPSA) is 21.3 Å². The molecule has 1 saturated carbocycles. The molecule has 84 valence electrons. The summed E-state index contributed by atoms with van der Waals surface area (Å²) in [5, 5.41) is 3.61. The van der Waals surface area contributed by atoms with Gasteiger partial charge in [-0.2, -0.15) is 0 Å². The molecule has 1 fully saturated rings. The summed E-state index contributed by atoms with van der Waals surface area (Å²) in [4.78, 5) is 0. The van der Waals surface area contributed by atoms with Crippen molar-refractivity contribution in [3.63, 3.8) is 0 Å². The largest absolute Gasteiger partial charge is 0.377 e. The van der Waals surface area contributed by atoms with Crippen LogP contribution in [0.25, 0.3) is 0 Å². The second-order valence-electron chi connectivity index (χ2n) is 4.58. The highest BCUT2D eigenvalue weighted by Crippen LogP contribution is 2.27. The Morgan fingerprint density at radius 2 is 2.14 bits per heavy atom. The van der Waals surface area contributed by atoms with Gasteiger partial charge in [0.25, 0.3) is 0 Å². The van der Waals surface area contributed by atoms with Crippen molar-refractivity contribution in [3.05, 3.63) is 0 Å². The van der Waals surface area contributed by atoms with Crippen LogP contribution in [0.15, 0.2) is 0 Å². The van der Waals surface area contributed by atoms with Crippen LogP contribution in [0.3, 0.4) is 0 Å². The molecule has 0 amide bonds. The molecular weight excluding hydrogens is 174 g/mol. The van der Waals surface area contributed by atoms with Gasteiger partial charge in [-0.05, 0) is 32.6 Å². The summed E-state index contributed by atoms with van der Waals surface area (Å²) < 4.78 is 5.51. The fourth-order valence-corrected chi connectivity index (χ4v) is 2.33. The lowest BCUT2D eigenvalue weighted by molar-refractivity contribution is 0.0785. The highest BCUT2D eigenvalue weighted by molar-refractivity contribution is 4.81. The summed E-state index contributed by atoms with van der Waals surface area (Å²) in [6.45, 7) is 8.34. The lowest BCUT2D eigenvalue weighted by Crippen LogP contribution is -2.34. The summed E-state index contributed by atoms with van der Waals surface area (Å²) in [5.74, 6) is 0.911. The zero-order chi connectivity index (χ0) is 10.4. The van der Waals surface area contributed by atoms with E-state index in [1.165, 1.54) is 25.7 Å². The van der Waals surface area contributed by atoms with Crippen LogP contribution in [0.2, 0.25) is 0 Å². The summed E-state index contributed by atoms with van der Waals surface area (Å²) in [5.41, 5.74) is 0. The van der Waals surface area contributed by atoms with Gasteiger partial charge in [-0.3, -0.25) is 0 Å². The Morgan fingerprint density at radius 1 is 1.36 bits per heavy atom. The molecule has 0 aliphatic heterocycles. The van der Waals surface area contributed by atoms with E-state index >= 15 is 0 Å². The van der Waals surface area contributed by atoms with E-state index in [0.717, 1.165) is 25.1 Å². The van der Waals surface area contributed by atoms with Crippen molar-refractivity contribution in [1.29, 1.82) is 0 Å². The monoisotopic (exact) mass is 199 g/mol. The van der Waals surface area contributed by atoms with Crippen molar-refractivity contribution >= 4 is 0 Å². The van der Waals surface area contributed by atoms with Gasteiger partial charge < -0.3 is 10.1 Å². The predicted octanol–water partition coefficient (Wildman–Crippen LogP) is 2.58. The highest BCUT2D eigenvalue weighted by atomic mass is 16.5. The maximum absolute atomic E-state index is 5.51. The Kier molecular flexibility index (Phi) is 5.49. The smallest absolute Gasteiger partial charge is 0.0594 e. The summed E-state index contributed by atoms with van der Waals surface area (Å²) in [6.07, 6.45) is 5.87. The molecule has 1 aliphatic rings. The molecule has 2 unspecified atom stereocenters. The number of rotatable bonds is 6. The van der Waals surface area contributed by atoms with Gasteiger partial charge in [-0.25, -0.2) is 0 Å². The third kappa shape index (κ3) is 3.97. The molecule has 0 radical (unpaired) electrons. The third-order valence-corrected chi connectivity index (χ3v) is 3.14. The van der Waals surface area contributed by atoms with Crippen LogP contribution in [0.4, 0.5) is 0 Å². The minimum atomic E-state index is 0.363. The zero-order valence-corrected chi connectivity index (χ0v) is 9.88. The maximum Gasteiger partial charge on any atom is 0.0594 e. The zero-order valence-electron chi connectivity index (χ0n) is 9.88. The van der Waals surface area contributed by atoms with Crippen molar-refractivity contribution in [2.24, 2.45) is 5.92 Å². The van der Waals surface area contributed by atoms with E-state index in [-0.39, 0.29) is 0 Å². The SMILES string of the molecule is CCC1CCCC1NCCOC(C)C. The van der Waals surface area contributed by atoms with Crippen LogP contribution in [-0.4, -0.2) is 25.3 Å². The first-order valence-corrected chi connectivity index (χ1v) is 6.09. The van der Waals surface area contributed by atoms with E-state index in [2.05, 4.69) is 26.1 Å². The van der Waals surface area contributed by atoms with Gasteiger partial charge in [0.2, 0.25) is 0 Å². The second-order valence-corrected chi connectivity index (χ2v) is 4.58. The average molecular weight is 199 g/mol. The highest BCUT2D eigenvalue weighted by Gasteiger charge is 2.24. The predicted molar refractivity (Wildman–Crippen MR) is 60.5 cm³/mol. The molecule has 0 heterocycles. The van der Waals surface area contributed by atoms with Crippen molar-refractivity contribution < 1.29 is 4.74 Å². The lowest BCUT2D eigenvalue weighted by Gasteiger charge is -2.19. The van der Waals surface area contributed by atoms with Crippen LogP contribution < -0.4 is 5.32 Å². The molecule has 0 aromatic rings. The van der Waals surface area contributed by atoms with Crippen molar-refractivity contribution in [2.45, 2.75) is 58.6 Å². The van der Waals surface area contributed by atoms with Gasteiger partial charge in [0.15, 0.2) is 0 Å². The van der Waals surface area contributed by atoms with Crippen molar-refractivity contribution in [2.75, 3.05) is 13.2 Å². The average Bonchev–Trinajstić information content (AvgIpc) is 2.59. The number of hydrogen-bond donors (Lipinski definition) is 1. The van der Waals surface area contributed by atoms with Crippen LogP contribution in [-0.2, 0) is 4.74 Å². The van der Waals surface area contributed by atoms with E-state index in [4.69, 9.17) is 4.74 Å². The minimum Gasteiger partial charge on any atom is -0.377 e. The molecule has 1 aliphatic carbocycles. The molecule has 14 heavy (non-hydrogen) atoms. The van der Waals surface area contributed by atoms with Gasteiger partial charge in [-0.15, -0.1) is 0 Å². The van der Waals surface area contributed by atoms with Crippen molar-refractivity contribution in [3.8, 4) is 0 Å². The van der Waals surface area contributed by atoms with E-state index in [0.29, 0.717) is 6.10 Å². The molecule has 2 nitrogen and oxygen atoms in total. The Morgan fingerprint density at radius 3 is 2.79 bits per heavy atom. The standard InChI is InChI=1S/C12H25NO/c1-4-11-6-5-7-12(11)13-8-9-14-10(2)3/h10-13H,4-9H2,1-3H3. The summed E-state index contributed by atoms with van der Waals surface area (Å²) in [6, 6.07) is 0.760. The summed E-state index contributed by atoms with van der Waals surface area (Å²) in [7, 11) is 0. The van der Waals surface area contributed by atoms with Crippen molar-refractivity contribution in [1.82, 2.24) is 5.32 Å². The molecule has 0 aromatic carbocycles. The first kappa shape index (κ1) is 12.0. The van der Waals surface area contributed by atoms with Crippen LogP contribution >= 0.6 is 0 Å². The Bertz CT molecular complexity index is 147. The quantitative estimate of drug-likeness (QED) is 0.664. The molecule has 1 N–H and O–H groups in total. The molecule has 2 atom stereocenters. The number of hydrogen-bond acceptors (Lipinski definition) is 2. The van der Waals surface area contributed by atoms with Gasteiger partial charge in [-0.1, -0.05) is 19.8 Å². The molecule has 1 rings (SSSR count). The number of ether oxygens (including phenoxy) is 1. The van der Waals surface area contributed by atoms with Gasteiger partial charge in [0.05, 0.1) is 12.7 Å². The van der Waals surface area contributed by atoms with E-state index in [1.807, 2.05) is 0 Å². The Balaban J connectivity index is 2.05. The normalized spacial score (nSPS) is 27.4. The molecule has 2 heteroatoms. The van der Waals surface area contributed by atoms with Gasteiger partial charge >= 0.3 is 0 Å². The fraction of sp³-hybridized carbons (Fsp3) is 1.00. The minimum absolute atomic E-state index is 0.363.